The van der Waals surface area contributed by atoms with Gasteiger partial charge in [0, 0.05) is 17.1 Å². The van der Waals surface area contributed by atoms with E-state index in [1.54, 1.807) is 6.20 Å². The number of para-hydroxylation sites is 1. The standard InChI is InChI=1S/C13H12BrN5/c14-11-6-16-19(8-11)7-10-5-9-3-1-2-4-12(9)17-13(10)18-15/h1-6,8H,7,15H2,(H,17,18). The Morgan fingerprint density at radius 1 is 1.32 bits per heavy atom. The van der Waals surface area contributed by atoms with Crippen molar-refractivity contribution in [2.75, 3.05) is 5.43 Å². The number of benzene rings is 1. The van der Waals surface area contributed by atoms with Gasteiger partial charge in [0.05, 0.1) is 22.7 Å². The summed E-state index contributed by atoms with van der Waals surface area (Å²) < 4.78 is 2.78. The van der Waals surface area contributed by atoms with Gasteiger partial charge in [-0.15, -0.1) is 0 Å². The molecule has 0 radical (unpaired) electrons. The number of pyridine rings is 1. The van der Waals surface area contributed by atoms with Crippen molar-refractivity contribution in [1.29, 1.82) is 0 Å². The molecule has 0 aliphatic carbocycles. The summed E-state index contributed by atoms with van der Waals surface area (Å²) in [7, 11) is 0. The Morgan fingerprint density at radius 3 is 2.89 bits per heavy atom. The summed E-state index contributed by atoms with van der Waals surface area (Å²) in [5, 5.41) is 5.33. The van der Waals surface area contributed by atoms with Crippen LogP contribution in [-0.2, 0) is 6.54 Å². The molecule has 0 saturated carbocycles. The summed E-state index contributed by atoms with van der Waals surface area (Å²) in [5.74, 6) is 6.22. The topological polar surface area (TPSA) is 68.8 Å². The van der Waals surface area contributed by atoms with Gasteiger partial charge in [0.25, 0.3) is 0 Å². The van der Waals surface area contributed by atoms with E-state index in [1.165, 1.54) is 0 Å². The van der Waals surface area contributed by atoms with Crippen molar-refractivity contribution >= 4 is 32.7 Å². The lowest BCUT2D eigenvalue weighted by molar-refractivity contribution is 0.686. The molecule has 1 aromatic carbocycles. The van der Waals surface area contributed by atoms with Crippen LogP contribution in [0.5, 0.6) is 0 Å². The van der Waals surface area contributed by atoms with Gasteiger partial charge in [-0.1, -0.05) is 18.2 Å². The van der Waals surface area contributed by atoms with Crippen molar-refractivity contribution in [3.05, 3.63) is 52.8 Å². The summed E-state index contributed by atoms with van der Waals surface area (Å²) in [4.78, 5) is 4.51. The molecule has 0 aliphatic rings. The molecular formula is C13H12BrN5. The monoisotopic (exact) mass is 317 g/mol. The van der Waals surface area contributed by atoms with Crippen LogP contribution in [-0.4, -0.2) is 14.8 Å². The van der Waals surface area contributed by atoms with E-state index < -0.39 is 0 Å². The van der Waals surface area contributed by atoms with Crippen LogP contribution >= 0.6 is 15.9 Å². The zero-order valence-electron chi connectivity index (χ0n) is 10.0. The minimum atomic E-state index is 0.614. The van der Waals surface area contributed by atoms with Crippen LogP contribution in [0.25, 0.3) is 10.9 Å². The van der Waals surface area contributed by atoms with Gasteiger partial charge in [-0.3, -0.25) is 4.68 Å². The number of halogens is 1. The van der Waals surface area contributed by atoms with E-state index in [1.807, 2.05) is 35.1 Å². The number of fused-ring (bicyclic) bond motifs is 1. The second kappa shape index (κ2) is 4.99. The highest BCUT2D eigenvalue weighted by Crippen LogP contribution is 2.21. The first-order valence-electron chi connectivity index (χ1n) is 5.79. The lowest BCUT2D eigenvalue weighted by atomic mass is 10.1. The zero-order chi connectivity index (χ0) is 13.2. The maximum Gasteiger partial charge on any atom is 0.145 e. The molecule has 3 N–H and O–H groups in total. The molecule has 6 heteroatoms. The number of hydrogen-bond acceptors (Lipinski definition) is 4. The number of hydrogen-bond donors (Lipinski definition) is 2. The van der Waals surface area contributed by atoms with Crippen LogP contribution in [0.4, 0.5) is 5.82 Å². The fraction of sp³-hybridized carbons (Fsp3) is 0.0769. The van der Waals surface area contributed by atoms with E-state index in [0.717, 1.165) is 20.9 Å². The van der Waals surface area contributed by atoms with E-state index >= 15 is 0 Å². The van der Waals surface area contributed by atoms with Gasteiger partial charge in [-0.05, 0) is 28.1 Å². The Balaban J connectivity index is 2.05. The van der Waals surface area contributed by atoms with Crippen molar-refractivity contribution in [3.63, 3.8) is 0 Å². The molecule has 0 atom stereocenters. The predicted molar refractivity (Wildman–Crippen MR) is 78.6 cm³/mol. The van der Waals surface area contributed by atoms with Crippen LogP contribution in [0, 0.1) is 0 Å². The zero-order valence-corrected chi connectivity index (χ0v) is 11.6. The minimum absolute atomic E-state index is 0.614. The molecule has 2 aromatic heterocycles. The molecule has 0 bridgehead atoms. The molecule has 19 heavy (non-hydrogen) atoms. The smallest absolute Gasteiger partial charge is 0.145 e. The maximum absolute atomic E-state index is 5.55. The average Bonchev–Trinajstić information content (AvgIpc) is 2.83. The molecule has 96 valence electrons. The number of nitrogens with one attached hydrogen (secondary N) is 1. The molecule has 3 aromatic rings. The summed E-state index contributed by atoms with van der Waals surface area (Å²) in [6, 6.07) is 10.0. The minimum Gasteiger partial charge on any atom is -0.308 e. The van der Waals surface area contributed by atoms with Gasteiger partial charge in [0.2, 0.25) is 0 Å². The van der Waals surface area contributed by atoms with Crippen LogP contribution < -0.4 is 11.3 Å². The highest BCUT2D eigenvalue weighted by molar-refractivity contribution is 9.10. The molecule has 0 aliphatic heterocycles. The quantitative estimate of drug-likeness (QED) is 0.575. The molecular weight excluding hydrogens is 306 g/mol. The molecule has 0 fully saturated rings. The third kappa shape index (κ3) is 2.45. The van der Waals surface area contributed by atoms with Crippen LogP contribution in [0.1, 0.15) is 5.56 Å². The van der Waals surface area contributed by atoms with Crippen molar-refractivity contribution in [3.8, 4) is 0 Å². The Hall–Kier alpha value is -1.92. The summed E-state index contributed by atoms with van der Waals surface area (Å²) >= 11 is 3.38. The van der Waals surface area contributed by atoms with E-state index in [2.05, 4.69) is 37.5 Å². The SMILES string of the molecule is NNc1nc2ccccc2cc1Cn1cc(Br)cn1. The first-order valence-corrected chi connectivity index (χ1v) is 6.59. The highest BCUT2D eigenvalue weighted by Gasteiger charge is 2.07. The highest BCUT2D eigenvalue weighted by atomic mass is 79.9. The van der Waals surface area contributed by atoms with E-state index in [4.69, 9.17) is 5.84 Å². The number of hydrazine groups is 1. The average molecular weight is 318 g/mol. The fourth-order valence-corrected chi connectivity index (χ4v) is 2.33. The van der Waals surface area contributed by atoms with Gasteiger partial charge in [0.1, 0.15) is 5.82 Å². The Morgan fingerprint density at radius 2 is 2.16 bits per heavy atom. The van der Waals surface area contributed by atoms with E-state index in [9.17, 15) is 0 Å². The normalized spacial score (nSPS) is 10.8. The molecule has 0 saturated heterocycles. The van der Waals surface area contributed by atoms with Gasteiger partial charge in [-0.2, -0.15) is 5.10 Å². The van der Waals surface area contributed by atoms with E-state index in [0.29, 0.717) is 12.4 Å². The second-order valence-corrected chi connectivity index (χ2v) is 5.10. The maximum atomic E-state index is 5.55. The Labute approximate surface area is 118 Å². The summed E-state index contributed by atoms with van der Waals surface area (Å²) in [6.07, 6.45) is 3.67. The molecule has 5 nitrogen and oxygen atoms in total. The van der Waals surface area contributed by atoms with Crippen molar-refractivity contribution in [2.45, 2.75) is 6.54 Å². The number of anilines is 1. The third-order valence-electron chi connectivity index (χ3n) is 2.87. The van der Waals surface area contributed by atoms with Gasteiger partial charge in [0.15, 0.2) is 0 Å². The third-order valence-corrected chi connectivity index (χ3v) is 3.28. The summed E-state index contributed by atoms with van der Waals surface area (Å²) in [5.41, 5.74) is 4.57. The van der Waals surface area contributed by atoms with Crippen LogP contribution in [0.15, 0.2) is 47.2 Å². The molecule has 3 rings (SSSR count). The molecule has 0 spiro atoms. The largest absolute Gasteiger partial charge is 0.308 e. The number of nitrogens with two attached hydrogens (primary N) is 1. The second-order valence-electron chi connectivity index (χ2n) is 4.19. The van der Waals surface area contributed by atoms with Crippen LogP contribution in [0.3, 0.4) is 0 Å². The number of aromatic nitrogens is 3. The van der Waals surface area contributed by atoms with Crippen molar-refractivity contribution in [1.82, 2.24) is 14.8 Å². The first-order chi connectivity index (χ1) is 9.26. The van der Waals surface area contributed by atoms with E-state index in [-0.39, 0.29) is 0 Å². The molecule has 2 heterocycles. The summed E-state index contributed by atoms with van der Waals surface area (Å²) in [6.45, 7) is 0.614. The Kier molecular flexibility index (Phi) is 3.18. The lowest BCUT2D eigenvalue weighted by Crippen LogP contribution is -2.13. The van der Waals surface area contributed by atoms with Gasteiger partial charge < -0.3 is 5.43 Å². The van der Waals surface area contributed by atoms with Gasteiger partial charge >= 0.3 is 0 Å². The Bertz CT molecular complexity index is 722. The molecule has 0 amide bonds. The predicted octanol–water partition coefficient (Wildman–Crippen LogP) is 2.53. The lowest BCUT2D eigenvalue weighted by Gasteiger charge is -2.10. The number of rotatable bonds is 3. The first kappa shape index (κ1) is 12.1. The molecule has 0 unspecified atom stereocenters. The van der Waals surface area contributed by atoms with Crippen molar-refractivity contribution in [2.24, 2.45) is 5.84 Å². The van der Waals surface area contributed by atoms with Crippen LogP contribution in [0.2, 0.25) is 0 Å². The fourth-order valence-electron chi connectivity index (χ4n) is 2.00. The number of nitrogen functional groups attached to an aromatic ring is 1. The van der Waals surface area contributed by atoms with Crippen molar-refractivity contribution < 1.29 is 0 Å². The number of nitrogens with zero attached hydrogens (tertiary/aromatic N) is 3. The van der Waals surface area contributed by atoms with Gasteiger partial charge in [-0.25, -0.2) is 10.8 Å².